The van der Waals surface area contributed by atoms with Crippen molar-refractivity contribution in [2.24, 2.45) is 10.7 Å². The Morgan fingerprint density at radius 2 is 2.40 bits per heavy atom. The second-order valence-electron chi connectivity index (χ2n) is 3.36. The van der Waals surface area contributed by atoms with Crippen LogP contribution in [-0.2, 0) is 11.3 Å². The van der Waals surface area contributed by atoms with Crippen LogP contribution in [0, 0.1) is 0 Å². The average Bonchev–Trinajstić information content (AvgIpc) is 2.80. The SMILES string of the molecule is NC(=NCc1ccn[nH]1)N1CCOCC1. The van der Waals surface area contributed by atoms with Gasteiger partial charge < -0.3 is 15.4 Å². The third-order valence-electron chi connectivity index (χ3n) is 2.30. The summed E-state index contributed by atoms with van der Waals surface area (Å²) in [7, 11) is 0. The molecule has 0 unspecified atom stereocenters. The predicted molar refractivity (Wildman–Crippen MR) is 56.3 cm³/mol. The van der Waals surface area contributed by atoms with Crippen molar-refractivity contribution >= 4 is 5.96 Å². The van der Waals surface area contributed by atoms with Crippen molar-refractivity contribution in [2.45, 2.75) is 6.54 Å². The lowest BCUT2D eigenvalue weighted by Crippen LogP contribution is -2.44. The Morgan fingerprint density at radius 3 is 3.07 bits per heavy atom. The van der Waals surface area contributed by atoms with Gasteiger partial charge in [-0.1, -0.05) is 0 Å². The maximum Gasteiger partial charge on any atom is 0.191 e. The second kappa shape index (κ2) is 4.79. The first kappa shape index (κ1) is 9.97. The van der Waals surface area contributed by atoms with Crippen LogP contribution in [0.5, 0.6) is 0 Å². The summed E-state index contributed by atoms with van der Waals surface area (Å²) in [6.45, 7) is 3.63. The highest BCUT2D eigenvalue weighted by molar-refractivity contribution is 5.78. The quantitative estimate of drug-likeness (QED) is 0.511. The first-order valence-electron chi connectivity index (χ1n) is 4.97. The van der Waals surface area contributed by atoms with E-state index in [2.05, 4.69) is 15.2 Å². The topological polar surface area (TPSA) is 79.5 Å². The third kappa shape index (κ3) is 2.69. The minimum absolute atomic E-state index is 0.545. The van der Waals surface area contributed by atoms with Gasteiger partial charge in [0.2, 0.25) is 0 Å². The van der Waals surface area contributed by atoms with Gasteiger partial charge in [0.25, 0.3) is 0 Å². The summed E-state index contributed by atoms with van der Waals surface area (Å²) in [6, 6.07) is 1.89. The zero-order valence-electron chi connectivity index (χ0n) is 8.52. The number of aromatic amines is 1. The zero-order valence-corrected chi connectivity index (χ0v) is 8.52. The summed E-state index contributed by atoms with van der Waals surface area (Å²) < 4.78 is 5.23. The molecular weight excluding hydrogens is 194 g/mol. The van der Waals surface area contributed by atoms with E-state index in [0.29, 0.717) is 12.5 Å². The van der Waals surface area contributed by atoms with E-state index in [-0.39, 0.29) is 0 Å². The van der Waals surface area contributed by atoms with Gasteiger partial charge in [-0.15, -0.1) is 0 Å². The van der Waals surface area contributed by atoms with Crippen molar-refractivity contribution in [3.63, 3.8) is 0 Å². The normalized spacial score (nSPS) is 18.1. The van der Waals surface area contributed by atoms with Crippen LogP contribution in [0.25, 0.3) is 0 Å². The van der Waals surface area contributed by atoms with Crippen LogP contribution in [0.15, 0.2) is 17.3 Å². The van der Waals surface area contributed by atoms with E-state index in [1.807, 2.05) is 11.0 Å². The molecule has 2 heterocycles. The summed E-state index contributed by atoms with van der Waals surface area (Å²) >= 11 is 0. The molecule has 0 aromatic carbocycles. The van der Waals surface area contributed by atoms with Gasteiger partial charge in [-0.25, -0.2) is 4.99 Å². The number of hydrogen-bond donors (Lipinski definition) is 2. The maximum atomic E-state index is 5.85. The van der Waals surface area contributed by atoms with E-state index in [1.54, 1.807) is 6.20 Å². The third-order valence-corrected chi connectivity index (χ3v) is 2.30. The number of aromatic nitrogens is 2. The van der Waals surface area contributed by atoms with Crippen LogP contribution in [0.1, 0.15) is 5.69 Å². The number of H-pyrrole nitrogens is 1. The second-order valence-corrected chi connectivity index (χ2v) is 3.36. The Hall–Kier alpha value is -1.56. The summed E-state index contributed by atoms with van der Waals surface area (Å²) in [6.07, 6.45) is 1.70. The van der Waals surface area contributed by atoms with E-state index in [0.717, 1.165) is 32.0 Å². The molecule has 0 spiro atoms. The highest BCUT2D eigenvalue weighted by Gasteiger charge is 2.11. The molecule has 0 amide bonds. The number of nitrogens with one attached hydrogen (secondary N) is 1. The van der Waals surface area contributed by atoms with E-state index < -0.39 is 0 Å². The van der Waals surface area contributed by atoms with Crippen molar-refractivity contribution in [3.05, 3.63) is 18.0 Å². The highest BCUT2D eigenvalue weighted by Crippen LogP contribution is 1.98. The Kier molecular flexibility index (Phi) is 3.18. The van der Waals surface area contributed by atoms with Crippen molar-refractivity contribution in [2.75, 3.05) is 26.3 Å². The number of hydrogen-bond acceptors (Lipinski definition) is 3. The van der Waals surface area contributed by atoms with E-state index >= 15 is 0 Å². The fourth-order valence-electron chi connectivity index (χ4n) is 1.43. The number of ether oxygens (including phenoxy) is 1. The average molecular weight is 209 g/mol. The largest absolute Gasteiger partial charge is 0.378 e. The summed E-state index contributed by atoms with van der Waals surface area (Å²) in [5.74, 6) is 0.577. The molecule has 6 nitrogen and oxygen atoms in total. The number of rotatable bonds is 2. The van der Waals surface area contributed by atoms with Gasteiger partial charge in [-0.3, -0.25) is 5.10 Å². The fourth-order valence-corrected chi connectivity index (χ4v) is 1.43. The zero-order chi connectivity index (χ0) is 10.5. The first-order chi connectivity index (χ1) is 7.36. The van der Waals surface area contributed by atoms with Crippen LogP contribution in [0.4, 0.5) is 0 Å². The monoisotopic (exact) mass is 209 g/mol. The molecule has 6 heteroatoms. The molecule has 1 aliphatic rings. The summed E-state index contributed by atoms with van der Waals surface area (Å²) in [5.41, 5.74) is 6.82. The molecule has 82 valence electrons. The smallest absolute Gasteiger partial charge is 0.191 e. The molecule has 1 fully saturated rings. The molecule has 1 aromatic heterocycles. The lowest BCUT2D eigenvalue weighted by molar-refractivity contribution is 0.0674. The lowest BCUT2D eigenvalue weighted by Gasteiger charge is -2.27. The minimum atomic E-state index is 0.545. The van der Waals surface area contributed by atoms with Crippen LogP contribution in [-0.4, -0.2) is 47.4 Å². The maximum absolute atomic E-state index is 5.85. The highest BCUT2D eigenvalue weighted by atomic mass is 16.5. The van der Waals surface area contributed by atoms with Crippen molar-refractivity contribution < 1.29 is 4.74 Å². The molecule has 3 N–H and O–H groups in total. The molecule has 0 aliphatic carbocycles. The van der Waals surface area contributed by atoms with Gasteiger partial charge >= 0.3 is 0 Å². The Balaban J connectivity index is 1.88. The van der Waals surface area contributed by atoms with E-state index in [4.69, 9.17) is 10.5 Å². The van der Waals surface area contributed by atoms with Gasteiger partial charge in [-0.2, -0.15) is 5.10 Å². The lowest BCUT2D eigenvalue weighted by atomic mass is 10.4. The summed E-state index contributed by atoms with van der Waals surface area (Å²) in [5, 5.41) is 6.68. The van der Waals surface area contributed by atoms with Crippen molar-refractivity contribution in [1.82, 2.24) is 15.1 Å². The standard InChI is InChI=1S/C9H15N5O/c10-9(14-3-5-15-6-4-14)11-7-8-1-2-12-13-8/h1-2H,3-7H2,(H2,10,11)(H,12,13). The van der Waals surface area contributed by atoms with Crippen molar-refractivity contribution in [1.29, 1.82) is 0 Å². The molecule has 0 radical (unpaired) electrons. The molecule has 0 atom stereocenters. The number of nitrogens with zero attached hydrogens (tertiary/aromatic N) is 3. The van der Waals surface area contributed by atoms with Gasteiger partial charge in [0.05, 0.1) is 25.5 Å². The number of nitrogens with two attached hydrogens (primary N) is 1. The number of morpholine rings is 1. The van der Waals surface area contributed by atoms with Crippen molar-refractivity contribution in [3.8, 4) is 0 Å². The molecule has 1 aromatic rings. The Labute approximate surface area is 88.1 Å². The number of guanidine groups is 1. The van der Waals surface area contributed by atoms with Crippen LogP contribution in [0.2, 0.25) is 0 Å². The van der Waals surface area contributed by atoms with Gasteiger partial charge in [0, 0.05) is 19.3 Å². The van der Waals surface area contributed by atoms with E-state index in [9.17, 15) is 0 Å². The molecule has 0 saturated carbocycles. The van der Waals surface area contributed by atoms with Crippen LogP contribution in [0.3, 0.4) is 0 Å². The van der Waals surface area contributed by atoms with Gasteiger partial charge in [0.15, 0.2) is 5.96 Å². The van der Waals surface area contributed by atoms with Crippen LogP contribution < -0.4 is 5.73 Å². The van der Waals surface area contributed by atoms with Gasteiger partial charge in [-0.05, 0) is 6.07 Å². The molecule has 15 heavy (non-hydrogen) atoms. The van der Waals surface area contributed by atoms with Crippen LogP contribution >= 0.6 is 0 Å². The molecule has 2 rings (SSSR count). The fraction of sp³-hybridized carbons (Fsp3) is 0.556. The Bertz CT molecular complexity index is 315. The molecule has 1 aliphatic heterocycles. The molecule has 1 saturated heterocycles. The van der Waals surface area contributed by atoms with E-state index in [1.165, 1.54) is 0 Å². The minimum Gasteiger partial charge on any atom is -0.378 e. The molecule has 0 bridgehead atoms. The Morgan fingerprint density at radius 1 is 1.60 bits per heavy atom. The molecular formula is C9H15N5O. The first-order valence-corrected chi connectivity index (χ1v) is 4.97. The summed E-state index contributed by atoms with van der Waals surface area (Å²) in [4.78, 5) is 6.31. The predicted octanol–water partition coefficient (Wildman–Crippen LogP) is -0.443. The van der Waals surface area contributed by atoms with Gasteiger partial charge in [0.1, 0.15) is 0 Å². The number of aliphatic imine (C=N–C) groups is 1.